The van der Waals surface area contributed by atoms with Crippen LogP contribution in [0.4, 0.5) is 5.69 Å². The molecule has 0 heterocycles. The molecule has 3 heteroatoms. The number of anilines is 1. The van der Waals surface area contributed by atoms with E-state index in [1.165, 1.54) is 6.08 Å². The molecule has 1 N–H and O–H groups in total. The molecule has 0 fully saturated rings. The molecular weight excluding hydrogens is 250 g/mol. The summed E-state index contributed by atoms with van der Waals surface area (Å²) in [5, 5.41) is 2.81. The van der Waals surface area contributed by atoms with Crippen LogP contribution in [0.3, 0.4) is 0 Å². The Labute approximate surface area is 118 Å². The summed E-state index contributed by atoms with van der Waals surface area (Å²) >= 11 is 0. The predicted molar refractivity (Wildman–Crippen MR) is 81.7 cm³/mol. The van der Waals surface area contributed by atoms with Crippen molar-refractivity contribution in [1.29, 1.82) is 0 Å². The molecular formula is C17H17NO2. The second-order valence-corrected chi connectivity index (χ2v) is 4.19. The van der Waals surface area contributed by atoms with Crippen LogP contribution >= 0.6 is 0 Å². The van der Waals surface area contributed by atoms with Crippen LogP contribution in [0.15, 0.2) is 60.7 Å². The third-order valence-corrected chi connectivity index (χ3v) is 2.64. The maximum Gasteiger partial charge on any atom is 0.248 e. The summed E-state index contributed by atoms with van der Waals surface area (Å²) < 4.78 is 5.39. The molecule has 0 aliphatic carbocycles. The van der Waals surface area contributed by atoms with Gasteiger partial charge in [-0.25, -0.2) is 0 Å². The van der Waals surface area contributed by atoms with Crippen molar-refractivity contribution < 1.29 is 9.53 Å². The first-order chi connectivity index (χ1) is 9.78. The Balaban J connectivity index is 1.97. The lowest BCUT2D eigenvalue weighted by molar-refractivity contribution is -0.111. The molecule has 0 atom stereocenters. The van der Waals surface area contributed by atoms with Crippen LogP contribution in [-0.2, 0) is 4.79 Å². The van der Waals surface area contributed by atoms with Gasteiger partial charge >= 0.3 is 0 Å². The summed E-state index contributed by atoms with van der Waals surface area (Å²) in [5.74, 6) is 0.583. The summed E-state index contributed by atoms with van der Waals surface area (Å²) in [7, 11) is 0. The van der Waals surface area contributed by atoms with Crippen LogP contribution < -0.4 is 10.1 Å². The Morgan fingerprint density at radius 2 is 1.95 bits per heavy atom. The maximum absolute atomic E-state index is 11.8. The van der Waals surface area contributed by atoms with Gasteiger partial charge in [0.25, 0.3) is 0 Å². The molecule has 20 heavy (non-hydrogen) atoms. The molecule has 2 aromatic rings. The van der Waals surface area contributed by atoms with Gasteiger partial charge in [0, 0.05) is 17.8 Å². The number of carbonyl (C=O) groups is 1. The van der Waals surface area contributed by atoms with E-state index >= 15 is 0 Å². The van der Waals surface area contributed by atoms with E-state index < -0.39 is 0 Å². The highest BCUT2D eigenvalue weighted by molar-refractivity contribution is 6.02. The van der Waals surface area contributed by atoms with Crippen molar-refractivity contribution in [2.75, 3.05) is 11.9 Å². The maximum atomic E-state index is 11.8. The summed E-state index contributed by atoms with van der Waals surface area (Å²) in [4.78, 5) is 11.8. The number of ether oxygens (including phenoxy) is 1. The van der Waals surface area contributed by atoms with Crippen molar-refractivity contribution in [3.63, 3.8) is 0 Å². The average Bonchev–Trinajstić information content (AvgIpc) is 2.47. The number of nitrogens with one attached hydrogen (secondary N) is 1. The molecule has 2 aromatic carbocycles. The van der Waals surface area contributed by atoms with Gasteiger partial charge < -0.3 is 10.1 Å². The molecule has 0 aliphatic rings. The van der Waals surface area contributed by atoms with Gasteiger partial charge in [-0.15, -0.1) is 0 Å². The van der Waals surface area contributed by atoms with Gasteiger partial charge in [0.1, 0.15) is 5.75 Å². The van der Waals surface area contributed by atoms with Gasteiger partial charge in [-0.2, -0.15) is 0 Å². The highest BCUT2D eigenvalue weighted by Gasteiger charge is 1.99. The van der Waals surface area contributed by atoms with Crippen molar-refractivity contribution in [3.8, 4) is 5.75 Å². The Kier molecular flexibility index (Phi) is 4.95. The van der Waals surface area contributed by atoms with Crippen molar-refractivity contribution in [3.05, 3.63) is 66.2 Å². The minimum Gasteiger partial charge on any atom is -0.494 e. The number of rotatable bonds is 5. The second kappa shape index (κ2) is 7.14. The molecule has 1 amide bonds. The van der Waals surface area contributed by atoms with Gasteiger partial charge in [-0.3, -0.25) is 4.79 Å². The quantitative estimate of drug-likeness (QED) is 0.838. The van der Waals surface area contributed by atoms with Crippen LogP contribution in [0.25, 0.3) is 6.08 Å². The average molecular weight is 267 g/mol. The van der Waals surface area contributed by atoms with Crippen molar-refractivity contribution in [1.82, 2.24) is 0 Å². The predicted octanol–water partition coefficient (Wildman–Crippen LogP) is 3.74. The van der Waals surface area contributed by atoms with Crippen molar-refractivity contribution in [2.24, 2.45) is 0 Å². The van der Waals surface area contributed by atoms with Crippen LogP contribution in [0.5, 0.6) is 5.75 Å². The van der Waals surface area contributed by atoms with Crippen molar-refractivity contribution >= 4 is 17.7 Å². The van der Waals surface area contributed by atoms with Gasteiger partial charge in [0.05, 0.1) is 6.61 Å². The van der Waals surface area contributed by atoms with Crippen LogP contribution in [0.2, 0.25) is 0 Å². The molecule has 0 spiro atoms. The third-order valence-electron chi connectivity index (χ3n) is 2.64. The first-order valence-electron chi connectivity index (χ1n) is 6.55. The van der Waals surface area contributed by atoms with Crippen LogP contribution in [-0.4, -0.2) is 12.5 Å². The van der Waals surface area contributed by atoms with E-state index in [9.17, 15) is 4.79 Å². The topological polar surface area (TPSA) is 38.3 Å². The Hall–Kier alpha value is -2.55. The molecule has 0 aromatic heterocycles. The number of carbonyl (C=O) groups excluding carboxylic acids is 1. The minimum absolute atomic E-state index is 0.164. The van der Waals surface area contributed by atoms with E-state index in [4.69, 9.17) is 4.74 Å². The van der Waals surface area contributed by atoms with Gasteiger partial charge in [0.15, 0.2) is 0 Å². The fraction of sp³-hybridized carbons (Fsp3) is 0.118. The van der Waals surface area contributed by atoms with E-state index in [2.05, 4.69) is 5.32 Å². The molecule has 2 rings (SSSR count). The molecule has 3 nitrogen and oxygen atoms in total. The first-order valence-corrected chi connectivity index (χ1v) is 6.55. The molecule has 0 unspecified atom stereocenters. The summed E-state index contributed by atoms with van der Waals surface area (Å²) in [6, 6.07) is 17.0. The number of benzene rings is 2. The molecule has 0 aliphatic heterocycles. The van der Waals surface area contributed by atoms with Crippen molar-refractivity contribution in [2.45, 2.75) is 6.92 Å². The normalized spacial score (nSPS) is 10.4. The second-order valence-electron chi connectivity index (χ2n) is 4.19. The van der Waals surface area contributed by atoms with Crippen LogP contribution in [0, 0.1) is 0 Å². The SMILES string of the molecule is CCOc1cccc(NC(=O)/C=C/c2ccccc2)c1. The van der Waals surface area contributed by atoms with Crippen LogP contribution in [0.1, 0.15) is 12.5 Å². The Morgan fingerprint density at radius 1 is 1.15 bits per heavy atom. The molecule has 0 saturated carbocycles. The summed E-state index contributed by atoms with van der Waals surface area (Å²) in [6.45, 7) is 2.53. The standard InChI is InChI=1S/C17H17NO2/c1-2-20-16-10-6-9-15(13-16)18-17(19)12-11-14-7-4-3-5-8-14/h3-13H,2H2,1H3,(H,18,19)/b12-11+. The van der Waals surface area contributed by atoms with Gasteiger partial charge in [-0.05, 0) is 30.7 Å². The van der Waals surface area contributed by atoms with E-state index in [1.54, 1.807) is 12.1 Å². The molecule has 0 saturated heterocycles. The fourth-order valence-corrected chi connectivity index (χ4v) is 1.75. The van der Waals surface area contributed by atoms with E-state index in [0.29, 0.717) is 6.61 Å². The Bertz CT molecular complexity index is 591. The van der Waals surface area contributed by atoms with Gasteiger partial charge in [0.2, 0.25) is 5.91 Å². The summed E-state index contributed by atoms with van der Waals surface area (Å²) in [6.07, 6.45) is 3.30. The largest absolute Gasteiger partial charge is 0.494 e. The molecule has 0 bridgehead atoms. The lowest BCUT2D eigenvalue weighted by Gasteiger charge is -2.06. The Morgan fingerprint density at radius 3 is 2.70 bits per heavy atom. The molecule has 102 valence electrons. The highest BCUT2D eigenvalue weighted by Crippen LogP contribution is 2.17. The number of hydrogen-bond acceptors (Lipinski definition) is 2. The van der Waals surface area contributed by atoms with Gasteiger partial charge in [-0.1, -0.05) is 36.4 Å². The van der Waals surface area contributed by atoms with E-state index in [-0.39, 0.29) is 5.91 Å². The minimum atomic E-state index is -0.164. The monoisotopic (exact) mass is 267 g/mol. The summed E-state index contributed by atoms with van der Waals surface area (Å²) in [5.41, 5.74) is 1.71. The first kappa shape index (κ1) is 13.9. The highest BCUT2D eigenvalue weighted by atomic mass is 16.5. The zero-order valence-corrected chi connectivity index (χ0v) is 11.4. The van der Waals surface area contributed by atoms with E-state index in [0.717, 1.165) is 17.0 Å². The fourth-order valence-electron chi connectivity index (χ4n) is 1.75. The molecule has 0 radical (unpaired) electrons. The smallest absolute Gasteiger partial charge is 0.248 e. The zero-order chi connectivity index (χ0) is 14.2. The van der Waals surface area contributed by atoms with E-state index in [1.807, 2.05) is 55.5 Å². The lowest BCUT2D eigenvalue weighted by Crippen LogP contribution is -2.07. The third kappa shape index (κ3) is 4.28. The number of hydrogen-bond donors (Lipinski definition) is 1. The zero-order valence-electron chi connectivity index (χ0n) is 11.4. The number of amides is 1. The lowest BCUT2D eigenvalue weighted by atomic mass is 10.2.